The molecule has 118 valence electrons. The van der Waals surface area contributed by atoms with Crippen molar-refractivity contribution in [1.29, 1.82) is 0 Å². The molecule has 2 nitrogen and oxygen atoms in total. The standard InChI is InChI=1S/C20H13ClO2S/c21-16-7-3-4-8-18(16)24-12-14-11-19(22)23-17-10-9-13-5-1-2-6-15(13)20(14)17/h1-11H,12H2. The Bertz CT molecular complexity index is 1100. The summed E-state index contributed by atoms with van der Waals surface area (Å²) in [7, 11) is 0. The Morgan fingerprint density at radius 2 is 1.75 bits per heavy atom. The summed E-state index contributed by atoms with van der Waals surface area (Å²) in [5.41, 5.74) is 1.26. The molecule has 24 heavy (non-hydrogen) atoms. The maximum absolute atomic E-state index is 11.9. The maximum Gasteiger partial charge on any atom is 0.336 e. The third-order valence-corrected chi connectivity index (χ3v) is 5.50. The average molecular weight is 353 g/mol. The first kappa shape index (κ1) is 15.3. The van der Waals surface area contributed by atoms with E-state index in [0.29, 0.717) is 11.3 Å². The molecule has 0 saturated heterocycles. The number of hydrogen-bond donors (Lipinski definition) is 0. The highest BCUT2D eigenvalue weighted by molar-refractivity contribution is 7.98. The zero-order valence-electron chi connectivity index (χ0n) is 12.7. The first-order valence-electron chi connectivity index (χ1n) is 7.54. The predicted octanol–water partition coefficient (Wildman–Crippen LogP) is 5.89. The van der Waals surface area contributed by atoms with Gasteiger partial charge in [0.15, 0.2) is 0 Å². The van der Waals surface area contributed by atoms with Crippen LogP contribution in [0.4, 0.5) is 0 Å². The van der Waals surface area contributed by atoms with E-state index in [1.807, 2.05) is 48.5 Å². The maximum atomic E-state index is 11.9. The van der Waals surface area contributed by atoms with Crippen LogP contribution in [-0.4, -0.2) is 0 Å². The van der Waals surface area contributed by atoms with Crippen LogP contribution in [0.15, 0.2) is 80.8 Å². The fourth-order valence-corrected chi connectivity index (χ4v) is 4.07. The topological polar surface area (TPSA) is 30.2 Å². The SMILES string of the molecule is O=c1cc(CSc2ccccc2Cl)c2c(ccc3ccccc32)o1. The molecule has 0 bridgehead atoms. The highest BCUT2D eigenvalue weighted by Crippen LogP contribution is 2.33. The lowest BCUT2D eigenvalue weighted by molar-refractivity contribution is 0.560. The molecule has 0 spiro atoms. The third-order valence-electron chi connectivity index (χ3n) is 3.93. The van der Waals surface area contributed by atoms with Crippen LogP contribution < -0.4 is 5.63 Å². The van der Waals surface area contributed by atoms with E-state index in [1.165, 1.54) is 0 Å². The van der Waals surface area contributed by atoms with Crippen molar-refractivity contribution in [3.05, 3.63) is 87.7 Å². The molecule has 0 aliphatic heterocycles. The van der Waals surface area contributed by atoms with Crippen molar-refractivity contribution >= 4 is 45.1 Å². The average Bonchev–Trinajstić information content (AvgIpc) is 2.60. The van der Waals surface area contributed by atoms with E-state index >= 15 is 0 Å². The molecule has 0 aliphatic rings. The molecule has 0 saturated carbocycles. The highest BCUT2D eigenvalue weighted by Gasteiger charge is 2.10. The van der Waals surface area contributed by atoms with Gasteiger partial charge < -0.3 is 4.42 Å². The van der Waals surface area contributed by atoms with Gasteiger partial charge in [-0.15, -0.1) is 11.8 Å². The van der Waals surface area contributed by atoms with E-state index in [9.17, 15) is 4.79 Å². The molecule has 0 N–H and O–H groups in total. The van der Waals surface area contributed by atoms with Crippen LogP contribution in [-0.2, 0) is 5.75 Å². The minimum atomic E-state index is -0.326. The van der Waals surface area contributed by atoms with Crippen LogP contribution in [0.3, 0.4) is 0 Å². The van der Waals surface area contributed by atoms with Gasteiger partial charge in [-0.05, 0) is 34.5 Å². The van der Waals surface area contributed by atoms with Crippen LogP contribution in [0.25, 0.3) is 21.7 Å². The van der Waals surface area contributed by atoms with Crippen molar-refractivity contribution in [1.82, 2.24) is 0 Å². The number of benzene rings is 3. The van der Waals surface area contributed by atoms with Gasteiger partial charge >= 0.3 is 5.63 Å². The summed E-state index contributed by atoms with van der Waals surface area (Å²) in [4.78, 5) is 12.9. The van der Waals surface area contributed by atoms with Crippen LogP contribution in [0, 0.1) is 0 Å². The zero-order chi connectivity index (χ0) is 16.5. The molecule has 0 aliphatic carbocycles. The molecule has 1 heterocycles. The van der Waals surface area contributed by atoms with Gasteiger partial charge in [0.1, 0.15) is 5.58 Å². The van der Waals surface area contributed by atoms with Gasteiger partial charge in [-0.1, -0.05) is 54.1 Å². The second-order valence-corrected chi connectivity index (χ2v) is 6.89. The summed E-state index contributed by atoms with van der Waals surface area (Å²) in [6, 6.07) is 21.3. The summed E-state index contributed by atoms with van der Waals surface area (Å²) in [6.45, 7) is 0. The normalized spacial score (nSPS) is 11.2. The van der Waals surface area contributed by atoms with Gasteiger partial charge in [0.25, 0.3) is 0 Å². The summed E-state index contributed by atoms with van der Waals surface area (Å²) in [6.07, 6.45) is 0. The van der Waals surface area contributed by atoms with Crippen LogP contribution >= 0.6 is 23.4 Å². The summed E-state index contributed by atoms with van der Waals surface area (Å²) in [5.74, 6) is 0.653. The first-order valence-corrected chi connectivity index (χ1v) is 8.90. The second kappa shape index (κ2) is 6.34. The molecule has 0 radical (unpaired) electrons. The minimum absolute atomic E-state index is 0.326. The van der Waals surface area contributed by atoms with Crippen molar-refractivity contribution in [2.75, 3.05) is 0 Å². The van der Waals surface area contributed by atoms with E-state index in [1.54, 1.807) is 17.8 Å². The predicted molar refractivity (Wildman–Crippen MR) is 101 cm³/mol. The molecule has 1 aromatic heterocycles. The highest BCUT2D eigenvalue weighted by atomic mass is 35.5. The van der Waals surface area contributed by atoms with Crippen LogP contribution in [0.1, 0.15) is 5.56 Å². The fraction of sp³-hybridized carbons (Fsp3) is 0.0500. The number of fused-ring (bicyclic) bond motifs is 3. The number of hydrogen-bond acceptors (Lipinski definition) is 3. The molecule has 0 atom stereocenters. The van der Waals surface area contributed by atoms with Gasteiger partial charge in [0.2, 0.25) is 0 Å². The van der Waals surface area contributed by atoms with E-state index in [0.717, 1.165) is 31.6 Å². The molecular weight excluding hydrogens is 340 g/mol. The monoisotopic (exact) mass is 352 g/mol. The second-order valence-electron chi connectivity index (χ2n) is 5.47. The van der Waals surface area contributed by atoms with Crippen LogP contribution in [0.2, 0.25) is 5.02 Å². The van der Waals surface area contributed by atoms with E-state index in [2.05, 4.69) is 12.1 Å². The lowest BCUT2D eigenvalue weighted by Crippen LogP contribution is -2.00. The summed E-state index contributed by atoms with van der Waals surface area (Å²) < 4.78 is 5.40. The van der Waals surface area contributed by atoms with Crippen molar-refractivity contribution in [2.45, 2.75) is 10.6 Å². The van der Waals surface area contributed by atoms with E-state index in [-0.39, 0.29) is 5.63 Å². The van der Waals surface area contributed by atoms with Crippen molar-refractivity contribution in [2.24, 2.45) is 0 Å². The van der Waals surface area contributed by atoms with Gasteiger partial charge in [0, 0.05) is 22.1 Å². The Morgan fingerprint density at radius 1 is 0.958 bits per heavy atom. The molecule has 0 fully saturated rings. The van der Waals surface area contributed by atoms with Gasteiger partial charge in [-0.2, -0.15) is 0 Å². The number of thioether (sulfide) groups is 1. The quantitative estimate of drug-likeness (QED) is 0.261. The van der Waals surface area contributed by atoms with Gasteiger partial charge in [-0.25, -0.2) is 4.79 Å². The Labute approximate surface area is 148 Å². The molecular formula is C20H13ClO2S. The Kier molecular flexibility index (Phi) is 4.05. The molecule has 4 aromatic rings. The molecule has 0 amide bonds. The minimum Gasteiger partial charge on any atom is -0.423 e. The number of rotatable bonds is 3. The largest absolute Gasteiger partial charge is 0.423 e. The fourth-order valence-electron chi connectivity index (χ4n) is 2.85. The first-order chi connectivity index (χ1) is 11.7. The van der Waals surface area contributed by atoms with Crippen molar-refractivity contribution in [3.8, 4) is 0 Å². The number of halogens is 1. The van der Waals surface area contributed by atoms with Gasteiger partial charge in [-0.3, -0.25) is 0 Å². The Hall–Kier alpha value is -2.23. The Balaban J connectivity index is 1.86. The Morgan fingerprint density at radius 3 is 2.62 bits per heavy atom. The van der Waals surface area contributed by atoms with E-state index < -0.39 is 0 Å². The lowest BCUT2D eigenvalue weighted by Gasteiger charge is -2.09. The molecule has 3 aromatic carbocycles. The van der Waals surface area contributed by atoms with Crippen LogP contribution in [0.5, 0.6) is 0 Å². The molecule has 4 rings (SSSR count). The van der Waals surface area contributed by atoms with E-state index in [4.69, 9.17) is 16.0 Å². The lowest BCUT2D eigenvalue weighted by atomic mass is 10.0. The third kappa shape index (κ3) is 2.81. The van der Waals surface area contributed by atoms with Crippen molar-refractivity contribution in [3.63, 3.8) is 0 Å². The summed E-state index contributed by atoms with van der Waals surface area (Å²) >= 11 is 7.85. The van der Waals surface area contributed by atoms with Gasteiger partial charge in [0.05, 0.1) is 5.02 Å². The molecule has 0 unspecified atom stereocenters. The van der Waals surface area contributed by atoms with Crippen molar-refractivity contribution < 1.29 is 4.42 Å². The smallest absolute Gasteiger partial charge is 0.336 e. The summed E-state index contributed by atoms with van der Waals surface area (Å²) in [5, 5.41) is 3.93. The molecule has 4 heteroatoms. The zero-order valence-corrected chi connectivity index (χ0v) is 14.2.